The van der Waals surface area contributed by atoms with Gasteiger partial charge < -0.3 is 25.0 Å². The van der Waals surface area contributed by atoms with Crippen molar-refractivity contribution in [3.63, 3.8) is 0 Å². The maximum Gasteiger partial charge on any atom is 0.489 e. The summed E-state index contributed by atoms with van der Waals surface area (Å²) in [5.41, 5.74) is -0.235. The van der Waals surface area contributed by atoms with Gasteiger partial charge in [-0.2, -0.15) is 5.10 Å². The van der Waals surface area contributed by atoms with Gasteiger partial charge in [0.1, 0.15) is 11.6 Å². The van der Waals surface area contributed by atoms with Gasteiger partial charge in [0, 0.05) is 30.4 Å². The smallest absolute Gasteiger partial charge is 0.458 e. The van der Waals surface area contributed by atoms with Gasteiger partial charge in [-0.1, -0.05) is 18.2 Å². The summed E-state index contributed by atoms with van der Waals surface area (Å²) in [6.45, 7) is 7.19. The number of fused-ring (bicyclic) bond motifs is 1. The van der Waals surface area contributed by atoms with Crippen LogP contribution in [0.5, 0.6) is 0 Å². The summed E-state index contributed by atoms with van der Waals surface area (Å²) in [7, 11) is -1.61. The van der Waals surface area contributed by atoms with E-state index >= 15 is 0 Å². The maximum absolute atomic E-state index is 12.7. The highest BCUT2D eigenvalue weighted by molar-refractivity contribution is 6.62. The van der Waals surface area contributed by atoms with Crippen LogP contribution >= 0.6 is 0 Å². The number of aromatic nitrogens is 2. The zero-order valence-corrected chi connectivity index (χ0v) is 15.1. The predicted octanol–water partition coefficient (Wildman–Crippen LogP) is -0.570. The lowest BCUT2D eigenvalue weighted by Crippen LogP contribution is -2.56. The summed E-state index contributed by atoms with van der Waals surface area (Å²) in [4.78, 5) is 14.5. The Morgan fingerprint density at radius 1 is 1.35 bits per heavy atom. The third-order valence-corrected chi connectivity index (χ3v) is 4.19. The molecule has 0 amide bonds. The number of carbonyl (C=O) groups is 1. The van der Waals surface area contributed by atoms with E-state index in [9.17, 15) is 14.8 Å². The van der Waals surface area contributed by atoms with Gasteiger partial charge in [-0.3, -0.25) is 0 Å². The molecule has 0 radical (unpaired) electrons. The van der Waals surface area contributed by atoms with Crippen LogP contribution in [-0.4, -0.2) is 64.6 Å². The van der Waals surface area contributed by atoms with Crippen molar-refractivity contribution >= 4 is 35.1 Å². The molecule has 8 nitrogen and oxygen atoms in total. The molecule has 1 saturated heterocycles. The quantitative estimate of drug-likeness (QED) is 0.495. The summed E-state index contributed by atoms with van der Waals surface area (Å²) in [5, 5.41) is 32.0. The van der Waals surface area contributed by atoms with Crippen molar-refractivity contribution in [2.45, 2.75) is 32.4 Å². The van der Waals surface area contributed by atoms with Crippen LogP contribution in [0.4, 0.5) is 5.82 Å². The Morgan fingerprint density at radius 2 is 2.12 bits per heavy atom. The Balaban J connectivity index is 2.03. The molecule has 0 spiro atoms. The molecule has 26 heavy (non-hydrogen) atoms. The number of nitrogens with zero attached hydrogens (tertiary/aromatic N) is 3. The van der Waals surface area contributed by atoms with E-state index in [2.05, 4.69) is 15.5 Å². The van der Waals surface area contributed by atoms with Crippen molar-refractivity contribution in [2.24, 2.45) is 0 Å². The maximum atomic E-state index is 12.7. The van der Waals surface area contributed by atoms with E-state index in [0.29, 0.717) is 41.7 Å². The molecule has 1 aliphatic heterocycles. The van der Waals surface area contributed by atoms with Crippen molar-refractivity contribution in [2.75, 3.05) is 24.5 Å². The summed E-state index contributed by atoms with van der Waals surface area (Å²) in [6.07, 6.45) is 1.50. The van der Waals surface area contributed by atoms with Crippen molar-refractivity contribution < 1.29 is 19.6 Å². The van der Waals surface area contributed by atoms with Crippen LogP contribution in [-0.2, 0) is 9.53 Å². The van der Waals surface area contributed by atoms with Gasteiger partial charge in [-0.05, 0) is 26.2 Å². The molecule has 138 valence electrons. The number of esters is 1. The van der Waals surface area contributed by atoms with Gasteiger partial charge >= 0.3 is 13.1 Å². The highest BCUT2D eigenvalue weighted by atomic mass is 16.6. The Hall–Kier alpha value is -2.23. The molecular weight excluding hydrogens is 335 g/mol. The van der Waals surface area contributed by atoms with Gasteiger partial charge in [0.05, 0.1) is 6.20 Å². The summed E-state index contributed by atoms with van der Waals surface area (Å²) in [5.74, 6) is 0.198. The average Bonchev–Trinajstić information content (AvgIpc) is 2.59. The zero-order valence-electron chi connectivity index (χ0n) is 15.1. The van der Waals surface area contributed by atoms with Crippen LogP contribution < -0.4 is 15.7 Å². The SMILES string of the molecule is CC(C)(C)OC(=O)C1CNCCN1c1nncc2c(B(O)O)cccc12. The van der Waals surface area contributed by atoms with E-state index in [4.69, 9.17) is 4.74 Å². The fraction of sp³-hybridized carbons (Fsp3) is 0.471. The molecule has 3 rings (SSSR count). The lowest BCUT2D eigenvalue weighted by Gasteiger charge is -2.37. The van der Waals surface area contributed by atoms with Crippen molar-refractivity contribution in [3.05, 3.63) is 24.4 Å². The van der Waals surface area contributed by atoms with Crippen LogP contribution in [0.1, 0.15) is 20.8 Å². The van der Waals surface area contributed by atoms with E-state index in [1.165, 1.54) is 6.20 Å². The van der Waals surface area contributed by atoms with Crippen LogP contribution in [0.2, 0.25) is 0 Å². The Kier molecular flexibility index (Phi) is 5.13. The number of anilines is 1. The molecule has 9 heteroatoms. The minimum atomic E-state index is -1.61. The number of piperazine rings is 1. The van der Waals surface area contributed by atoms with E-state index in [1.54, 1.807) is 12.1 Å². The molecule has 2 heterocycles. The standard InChI is InChI=1S/C17H23BN4O4/c1-17(2,3)26-16(23)14-10-19-7-8-22(14)15-11-5-4-6-13(18(24)25)12(11)9-20-21-15/h4-6,9,14,19,24-25H,7-8,10H2,1-3H3. The minimum absolute atomic E-state index is 0.332. The van der Waals surface area contributed by atoms with Crippen LogP contribution in [0.3, 0.4) is 0 Å². The molecule has 0 aliphatic carbocycles. The fourth-order valence-corrected chi connectivity index (χ4v) is 3.09. The number of hydrogen-bond acceptors (Lipinski definition) is 8. The van der Waals surface area contributed by atoms with E-state index in [-0.39, 0.29) is 5.97 Å². The molecule has 3 N–H and O–H groups in total. The second-order valence-corrected chi connectivity index (χ2v) is 7.30. The molecule has 0 bridgehead atoms. The van der Waals surface area contributed by atoms with E-state index in [1.807, 2.05) is 31.7 Å². The highest BCUT2D eigenvalue weighted by Crippen LogP contribution is 2.26. The number of carbonyl (C=O) groups excluding carboxylic acids is 1. The number of benzene rings is 1. The third kappa shape index (κ3) is 3.79. The van der Waals surface area contributed by atoms with Crippen LogP contribution in [0.15, 0.2) is 24.4 Å². The van der Waals surface area contributed by atoms with Gasteiger partial charge in [0.2, 0.25) is 0 Å². The first-order valence-corrected chi connectivity index (χ1v) is 8.58. The van der Waals surface area contributed by atoms with E-state index in [0.717, 1.165) is 0 Å². The Labute approximate surface area is 152 Å². The fourth-order valence-electron chi connectivity index (χ4n) is 3.09. The number of hydrogen-bond donors (Lipinski definition) is 3. The molecule has 0 saturated carbocycles. The van der Waals surface area contributed by atoms with Crippen molar-refractivity contribution in [1.29, 1.82) is 0 Å². The lowest BCUT2D eigenvalue weighted by atomic mass is 9.77. The molecule has 1 atom stereocenters. The topological polar surface area (TPSA) is 108 Å². The first-order chi connectivity index (χ1) is 12.3. The van der Waals surface area contributed by atoms with Gasteiger partial charge in [-0.25, -0.2) is 4.79 Å². The van der Waals surface area contributed by atoms with Crippen molar-refractivity contribution in [1.82, 2.24) is 15.5 Å². The number of ether oxygens (including phenoxy) is 1. The minimum Gasteiger partial charge on any atom is -0.458 e. The van der Waals surface area contributed by atoms with Gasteiger partial charge in [-0.15, -0.1) is 5.10 Å². The van der Waals surface area contributed by atoms with Crippen molar-refractivity contribution in [3.8, 4) is 0 Å². The first kappa shape index (κ1) is 18.6. The molecule has 1 aromatic heterocycles. The van der Waals surface area contributed by atoms with Crippen LogP contribution in [0, 0.1) is 0 Å². The second-order valence-electron chi connectivity index (χ2n) is 7.30. The number of rotatable bonds is 3. The van der Waals surface area contributed by atoms with Gasteiger partial charge in [0.15, 0.2) is 5.82 Å². The molecule has 1 aromatic carbocycles. The molecule has 2 aromatic rings. The summed E-state index contributed by atoms with van der Waals surface area (Å²) < 4.78 is 5.55. The van der Waals surface area contributed by atoms with Crippen LogP contribution in [0.25, 0.3) is 10.8 Å². The molecule has 1 unspecified atom stereocenters. The molecular formula is C17H23BN4O4. The van der Waals surface area contributed by atoms with E-state index < -0.39 is 18.8 Å². The third-order valence-electron chi connectivity index (χ3n) is 4.19. The second kappa shape index (κ2) is 7.18. The first-order valence-electron chi connectivity index (χ1n) is 8.58. The molecule has 1 fully saturated rings. The number of nitrogens with one attached hydrogen (secondary N) is 1. The predicted molar refractivity (Wildman–Crippen MR) is 99.2 cm³/mol. The Bertz CT molecular complexity index is 809. The monoisotopic (exact) mass is 358 g/mol. The normalized spacial score (nSPS) is 18.0. The Morgan fingerprint density at radius 3 is 2.81 bits per heavy atom. The zero-order chi connectivity index (χ0) is 18.9. The highest BCUT2D eigenvalue weighted by Gasteiger charge is 2.34. The summed E-state index contributed by atoms with van der Waals surface area (Å²) in [6, 6.07) is 4.65. The molecule has 1 aliphatic rings. The summed E-state index contributed by atoms with van der Waals surface area (Å²) >= 11 is 0. The van der Waals surface area contributed by atoms with Gasteiger partial charge in [0.25, 0.3) is 0 Å². The average molecular weight is 358 g/mol. The lowest BCUT2D eigenvalue weighted by molar-refractivity contribution is -0.156. The largest absolute Gasteiger partial charge is 0.489 e.